The van der Waals surface area contributed by atoms with E-state index in [1.165, 1.54) is 11.1 Å². The summed E-state index contributed by atoms with van der Waals surface area (Å²) in [5.41, 5.74) is 0.215. The zero-order valence-electron chi connectivity index (χ0n) is 22.3. The largest absolute Gasteiger partial charge is 0.444 e. The second-order valence-electron chi connectivity index (χ2n) is 12.4. The SMILES string of the molecule is C[C@@H]1[C@H]2C[C@@H](C[C@H]1Nc1cnn(CC(=O)NC[C@H]3CCN(C(=O)OC(C)(C)C)C3)c(=O)c1Br)C2(C)C. The second-order valence-corrected chi connectivity index (χ2v) is 13.2. The third kappa shape index (κ3) is 5.58. The van der Waals surface area contributed by atoms with Gasteiger partial charge in [-0.3, -0.25) is 9.59 Å². The lowest BCUT2D eigenvalue weighted by molar-refractivity contribution is -0.122. The molecule has 36 heavy (non-hydrogen) atoms. The lowest BCUT2D eigenvalue weighted by atomic mass is 9.45. The third-order valence-electron chi connectivity index (χ3n) is 8.50. The van der Waals surface area contributed by atoms with Crippen LogP contribution in [0, 0.1) is 29.1 Å². The van der Waals surface area contributed by atoms with Crippen LogP contribution >= 0.6 is 15.9 Å². The van der Waals surface area contributed by atoms with Crippen molar-refractivity contribution in [1.29, 1.82) is 0 Å². The summed E-state index contributed by atoms with van der Waals surface area (Å²) in [6, 6.07) is 0.310. The van der Waals surface area contributed by atoms with E-state index in [1.54, 1.807) is 11.1 Å². The molecule has 5 atom stereocenters. The summed E-state index contributed by atoms with van der Waals surface area (Å²) < 4.78 is 7.00. The Hall–Kier alpha value is -2.10. The van der Waals surface area contributed by atoms with Crippen LogP contribution in [0.2, 0.25) is 0 Å². The van der Waals surface area contributed by atoms with Crippen LogP contribution in [-0.4, -0.2) is 58.0 Å². The number of carbonyl (C=O) groups excluding carboxylic acids is 2. The number of nitrogens with one attached hydrogen (secondary N) is 2. The summed E-state index contributed by atoms with van der Waals surface area (Å²) in [7, 11) is 0. The van der Waals surface area contributed by atoms with E-state index in [2.05, 4.69) is 52.4 Å². The molecular weight excluding hydrogens is 526 g/mol. The quantitative estimate of drug-likeness (QED) is 0.542. The molecule has 0 unspecified atom stereocenters. The molecule has 1 aromatic heterocycles. The van der Waals surface area contributed by atoms with Gasteiger partial charge in [-0.15, -0.1) is 0 Å². The number of hydrogen-bond acceptors (Lipinski definition) is 6. The summed E-state index contributed by atoms with van der Waals surface area (Å²) in [4.78, 5) is 39.3. The third-order valence-corrected chi connectivity index (χ3v) is 9.27. The molecule has 2 N–H and O–H groups in total. The minimum Gasteiger partial charge on any atom is -0.444 e. The molecule has 5 rings (SSSR count). The van der Waals surface area contributed by atoms with Crippen LogP contribution in [0.1, 0.15) is 60.8 Å². The predicted octanol–water partition coefficient (Wildman–Crippen LogP) is 3.86. The molecule has 2 amide bonds. The van der Waals surface area contributed by atoms with Gasteiger partial charge in [0.1, 0.15) is 16.6 Å². The maximum absolute atomic E-state index is 12.9. The summed E-state index contributed by atoms with van der Waals surface area (Å²) in [5, 5.41) is 10.7. The number of carbonyl (C=O) groups is 2. The molecule has 2 bridgehead atoms. The highest BCUT2D eigenvalue weighted by atomic mass is 79.9. The average molecular weight is 567 g/mol. The fraction of sp³-hybridized carbons (Fsp3) is 0.769. The van der Waals surface area contributed by atoms with Gasteiger partial charge in [-0.05, 0) is 85.1 Å². The molecular formula is C26H40BrN5O4. The van der Waals surface area contributed by atoms with E-state index < -0.39 is 5.60 Å². The van der Waals surface area contributed by atoms with Gasteiger partial charge in [0.2, 0.25) is 5.91 Å². The van der Waals surface area contributed by atoms with Crippen LogP contribution in [0.5, 0.6) is 0 Å². The van der Waals surface area contributed by atoms with Crippen molar-refractivity contribution in [3.63, 3.8) is 0 Å². The van der Waals surface area contributed by atoms with Crippen molar-refractivity contribution in [1.82, 2.24) is 20.0 Å². The normalized spacial score (nSPS) is 28.9. The van der Waals surface area contributed by atoms with Crippen molar-refractivity contribution < 1.29 is 14.3 Å². The summed E-state index contributed by atoms with van der Waals surface area (Å²) in [5.74, 6) is 1.80. The zero-order valence-corrected chi connectivity index (χ0v) is 23.9. The summed E-state index contributed by atoms with van der Waals surface area (Å²) in [6.45, 7) is 14.0. The number of halogens is 1. The van der Waals surface area contributed by atoms with E-state index in [1.807, 2.05) is 20.8 Å². The van der Waals surface area contributed by atoms with Gasteiger partial charge in [0.25, 0.3) is 5.56 Å². The minimum atomic E-state index is -0.533. The number of hydrogen-bond donors (Lipinski definition) is 2. The Morgan fingerprint density at radius 1 is 1.28 bits per heavy atom. The molecule has 1 saturated heterocycles. The smallest absolute Gasteiger partial charge is 0.410 e. The van der Waals surface area contributed by atoms with Crippen LogP contribution in [0.15, 0.2) is 15.5 Å². The molecule has 200 valence electrons. The number of likely N-dealkylation sites (tertiary alicyclic amines) is 1. The van der Waals surface area contributed by atoms with Crippen LogP contribution < -0.4 is 16.2 Å². The van der Waals surface area contributed by atoms with Crippen molar-refractivity contribution in [2.75, 3.05) is 25.0 Å². The van der Waals surface area contributed by atoms with Crippen molar-refractivity contribution in [2.45, 2.75) is 79.0 Å². The molecule has 0 aromatic carbocycles. The van der Waals surface area contributed by atoms with Crippen LogP contribution in [0.4, 0.5) is 10.5 Å². The maximum Gasteiger partial charge on any atom is 0.410 e. The number of nitrogens with zero attached hydrogens (tertiary/aromatic N) is 3. The molecule has 1 aromatic rings. The summed E-state index contributed by atoms with van der Waals surface area (Å²) >= 11 is 3.43. The van der Waals surface area contributed by atoms with Crippen LogP contribution in [0.25, 0.3) is 0 Å². The maximum atomic E-state index is 12.9. The Labute approximate surface area is 221 Å². The molecule has 4 fully saturated rings. The summed E-state index contributed by atoms with van der Waals surface area (Å²) in [6.07, 6.45) is 4.49. The first-order valence-electron chi connectivity index (χ1n) is 13.0. The topological polar surface area (TPSA) is 106 Å². The van der Waals surface area contributed by atoms with Gasteiger partial charge < -0.3 is 20.3 Å². The number of ether oxygens (including phenoxy) is 1. The van der Waals surface area contributed by atoms with Gasteiger partial charge in [0, 0.05) is 25.7 Å². The molecule has 2 heterocycles. The lowest BCUT2D eigenvalue weighted by Crippen LogP contribution is -2.58. The molecule has 1 aliphatic heterocycles. The average Bonchev–Trinajstić information content (AvgIpc) is 3.26. The Morgan fingerprint density at radius 2 is 2.00 bits per heavy atom. The number of anilines is 1. The zero-order chi connectivity index (χ0) is 26.4. The van der Waals surface area contributed by atoms with Crippen molar-refractivity contribution in [3.05, 3.63) is 21.0 Å². The molecule has 3 saturated carbocycles. The van der Waals surface area contributed by atoms with Gasteiger partial charge in [0.15, 0.2) is 0 Å². The number of aromatic nitrogens is 2. The van der Waals surface area contributed by atoms with E-state index in [-0.39, 0.29) is 30.0 Å². The molecule has 0 radical (unpaired) electrons. The first-order valence-corrected chi connectivity index (χ1v) is 13.8. The first kappa shape index (κ1) is 26.9. The van der Waals surface area contributed by atoms with E-state index in [9.17, 15) is 14.4 Å². The Morgan fingerprint density at radius 3 is 2.64 bits per heavy atom. The molecule has 10 heteroatoms. The fourth-order valence-corrected chi connectivity index (χ4v) is 6.58. The highest BCUT2D eigenvalue weighted by molar-refractivity contribution is 9.10. The fourth-order valence-electron chi connectivity index (χ4n) is 6.16. The van der Waals surface area contributed by atoms with Gasteiger partial charge in [0.05, 0.1) is 11.9 Å². The Balaban J connectivity index is 1.27. The van der Waals surface area contributed by atoms with Crippen molar-refractivity contribution in [3.8, 4) is 0 Å². The Kier molecular flexibility index (Phi) is 7.48. The highest BCUT2D eigenvalue weighted by Crippen LogP contribution is 2.61. The van der Waals surface area contributed by atoms with E-state index >= 15 is 0 Å². The van der Waals surface area contributed by atoms with E-state index in [0.717, 1.165) is 12.8 Å². The minimum absolute atomic E-state index is 0.151. The van der Waals surface area contributed by atoms with Gasteiger partial charge in [-0.25, -0.2) is 9.48 Å². The molecule has 3 aliphatic carbocycles. The van der Waals surface area contributed by atoms with Crippen molar-refractivity contribution >= 4 is 33.6 Å². The lowest BCUT2D eigenvalue weighted by Gasteiger charge is -2.62. The van der Waals surface area contributed by atoms with E-state index in [0.29, 0.717) is 59.0 Å². The first-order chi connectivity index (χ1) is 16.8. The molecule has 4 aliphatic rings. The second kappa shape index (κ2) is 9.99. The van der Waals surface area contributed by atoms with Crippen LogP contribution in [0.3, 0.4) is 0 Å². The monoisotopic (exact) mass is 565 g/mol. The molecule has 0 spiro atoms. The standard InChI is InChI=1S/C26H40BrN5O4/c1-15-18-9-17(26(18,5)6)10-19(15)30-20-12-29-32(23(34)22(20)27)14-21(33)28-11-16-7-8-31(13-16)24(35)36-25(2,3)4/h12,15-19,30H,7-11,13-14H2,1-6H3,(H,28,33)/t15-,16-,17+,18-,19-/m1/s1. The predicted molar refractivity (Wildman–Crippen MR) is 142 cm³/mol. The van der Waals surface area contributed by atoms with E-state index in [4.69, 9.17) is 4.74 Å². The Bertz CT molecular complexity index is 1070. The van der Waals surface area contributed by atoms with Crippen LogP contribution in [-0.2, 0) is 16.1 Å². The number of rotatable bonds is 6. The molecule has 9 nitrogen and oxygen atoms in total. The highest BCUT2D eigenvalue weighted by Gasteiger charge is 2.56. The van der Waals surface area contributed by atoms with Gasteiger partial charge in [-0.1, -0.05) is 20.8 Å². The van der Waals surface area contributed by atoms with Crippen molar-refractivity contribution in [2.24, 2.45) is 29.1 Å². The van der Waals surface area contributed by atoms with Gasteiger partial charge in [-0.2, -0.15) is 5.10 Å². The number of amides is 2. The number of fused-ring (bicyclic) bond motifs is 2. The van der Waals surface area contributed by atoms with Gasteiger partial charge >= 0.3 is 6.09 Å².